The fourth-order valence-corrected chi connectivity index (χ4v) is 2.95. The number of halogens is 2. The van der Waals surface area contributed by atoms with Gasteiger partial charge in [-0.05, 0) is 36.6 Å². The fourth-order valence-electron chi connectivity index (χ4n) is 2.65. The third kappa shape index (κ3) is 2.29. The number of aryl methyl sites for hydroxylation is 1. The molecule has 0 radical (unpaired) electrons. The number of ether oxygens (including phenoxy) is 1. The lowest BCUT2D eigenvalue weighted by Gasteiger charge is -2.13. The summed E-state index contributed by atoms with van der Waals surface area (Å²) in [6.07, 6.45) is 1.08. The first kappa shape index (κ1) is 13.4. The molecule has 1 aliphatic heterocycles. The molecule has 2 unspecified atom stereocenters. The van der Waals surface area contributed by atoms with Gasteiger partial charge in [0.2, 0.25) is 0 Å². The Morgan fingerprint density at radius 2 is 2.10 bits per heavy atom. The van der Waals surface area contributed by atoms with Crippen LogP contribution in [0.4, 0.5) is 4.39 Å². The molecular formula is C17H16ClFO. The van der Waals surface area contributed by atoms with Gasteiger partial charge in [0.15, 0.2) is 0 Å². The highest BCUT2D eigenvalue weighted by atomic mass is 35.5. The van der Waals surface area contributed by atoms with Crippen LogP contribution in [-0.4, -0.2) is 6.10 Å². The van der Waals surface area contributed by atoms with Gasteiger partial charge in [-0.3, -0.25) is 0 Å². The van der Waals surface area contributed by atoms with Gasteiger partial charge in [-0.1, -0.05) is 30.3 Å². The average Bonchev–Trinajstić information content (AvgIpc) is 2.80. The van der Waals surface area contributed by atoms with Crippen molar-refractivity contribution in [3.8, 4) is 5.75 Å². The van der Waals surface area contributed by atoms with Crippen LogP contribution < -0.4 is 4.74 Å². The quantitative estimate of drug-likeness (QED) is 0.723. The number of alkyl halides is 1. The smallest absolute Gasteiger partial charge is 0.131 e. The van der Waals surface area contributed by atoms with E-state index in [0.717, 1.165) is 23.3 Å². The Labute approximate surface area is 123 Å². The normalized spacial score (nSPS) is 18.5. The molecule has 0 fully saturated rings. The Hall–Kier alpha value is -1.54. The molecule has 20 heavy (non-hydrogen) atoms. The van der Waals surface area contributed by atoms with Crippen molar-refractivity contribution in [2.45, 2.75) is 31.7 Å². The Kier molecular flexibility index (Phi) is 3.43. The summed E-state index contributed by atoms with van der Waals surface area (Å²) >= 11 is 6.47. The second-order valence-corrected chi connectivity index (χ2v) is 5.78. The van der Waals surface area contributed by atoms with Crippen LogP contribution in [0, 0.1) is 12.7 Å². The molecule has 104 valence electrons. The predicted molar refractivity (Wildman–Crippen MR) is 79.1 cm³/mol. The van der Waals surface area contributed by atoms with Gasteiger partial charge in [-0.2, -0.15) is 0 Å². The molecule has 0 saturated carbocycles. The largest absolute Gasteiger partial charge is 0.490 e. The molecule has 3 heteroatoms. The van der Waals surface area contributed by atoms with Gasteiger partial charge in [0.25, 0.3) is 0 Å². The van der Waals surface area contributed by atoms with Gasteiger partial charge in [0.05, 0.1) is 5.38 Å². The molecule has 3 rings (SSSR count). The summed E-state index contributed by atoms with van der Waals surface area (Å²) in [5.74, 6) is 0.687. The van der Waals surface area contributed by atoms with Crippen molar-refractivity contribution in [2.24, 2.45) is 0 Å². The van der Waals surface area contributed by atoms with E-state index in [2.05, 4.69) is 0 Å². The first-order chi connectivity index (χ1) is 9.56. The van der Waals surface area contributed by atoms with Crippen LogP contribution in [0.15, 0.2) is 36.4 Å². The first-order valence-corrected chi connectivity index (χ1v) is 7.18. The maximum absolute atomic E-state index is 14.2. The van der Waals surface area contributed by atoms with Crippen LogP contribution in [0.5, 0.6) is 5.75 Å². The zero-order chi connectivity index (χ0) is 14.3. The van der Waals surface area contributed by atoms with E-state index in [0.29, 0.717) is 11.1 Å². The molecule has 1 heterocycles. The third-order valence-corrected chi connectivity index (χ3v) is 4.19. The van der Waals surface area contributed by atoms with Gasteiger partial charge in [-0.15, -0.1) is 11.6 Å². The Bertz CT molecular complexity index is 653. The third-order valence-electron chi connectivity index (χ3n) is 3.71. The number of hydrogen-bond acceptors (Lipinski definition) is 1. The Morgan fingerprint density at radius 1 is 1.30 bits per heavy atom. The summed E-state index contributed by atoms with van der Waals surface area (Å²) in [6.45, 7) is 3.79. The molecule has 0 bridgehead atoms. The van der Waals surface area contributed by atoms with Gasteiger partial charge >= 0.3 is 0 Å². The van der Waals surface area contributed by atoms with Crippen LogP contribution in [-0.2, 0) is 6.42 Å². The molecule has 2 atom stereocenters. The molecular weight excluding hydrogens is 275 g/mol. The second kappa shape index (κ2) is 5.10. The lowest BCUT2D eigenvalue weighted by atomic mass is 9.99. The van der Waals surface area contributed by atoms with E-state index >= 15 is 0 Å². The van der Waals surface area contributed by atoms with Crippen LogP contribution in [0.3, 0.4) is 0 Å². The van der Waals surface area contributed by atoms with E-state index in [1.807, 2.05) is 31.2 Å². The average molecular weight is 291 g/mol. The molecule has 2 aromatic carbocycles. The summed E-state index contributed by atoms with van der Waals surface area (Å²) in [5, 5.41) is -0.476. The van der Waals surface area contributed by atoms with Gasteiger partial charge in [0, 0.05) is 12.0 Å². The van der Waals surface area contributed by atoms with Crippen molar-refractivity contribution in [2.75, 3.05) is 0 Å². The first-order valence-electron chi connectivity index (χ1n) is 6.75. The lowest BCUT2D eigenvalue weighted by molar-refractivity contribution is 0.254. The van der Waals surface area contributed by atoms with E-state index in [-0.39, 0.29) is 11.9 Å². The van der Waals surface area contributed by atoms with Crippen molar-refractivity contribution in [3.05, 3.63) is 64.5 Å². The molecule has 1 nitrogen and oxygen atoms in total. The van der Waals surface area contributed by atoms with E-state index in [1.165, 1.54) is 0 Å². The number of benzene rings is 2. The van der Waals surface area contributed by atoms with Crippen LogP contribution in [0.2, 0.25) is 0 Å². The molecule has 0 N–H and O–H groups in total. The molecule has 0 amide bonds. The maximum Gasteiger partial charge on any atom is 0.131 e. The summed E-state index contributed by atoms with van der Waals surface area (Å²) < 4.78 is 19.8. The van der Waals surface area contributed by atoms with Gasteiger partial charge in [0.1, 0.15) is 17.7 Å². The van der Waals surface area contributed by atoms with Crippen LogP contribution >= 0.6 is 11.6 Å². The standard InChI is InChI=1S/C17H16ClFO/c1-10-4-3-5-14(17(10)19)16(18)12-6-7-15-13(9-12)8-11(2)20-15/h3-7,9,11,16H,8H2,1-2H3. The van der Waals surface area contributed by atoms with Crippen molar-refractivity contribution >= 4 is 11.6 Å². The van der Waals surface area contributed by atoms with Crippen LogP contribution in [0.1, 0.15) is 34.6 Å². The highest BCUT2D eigenvalue weighted by Crippen LogP contribution is 2.36. The molecule has 0 aliphatic carbocycles. The van der Waals surface area contributed by atoms with Gasteiger partial charge in [-0.25, -0.2) is 4.39 Å². The van der Waals surface area contributed by atoms with E-state index in [4.69, 9.17) is 16.3 Å². The fraction of sp³-hybridized carbons (Fsp3) is 0.294. The maximum atomic E-state index is 14.2. The minimum absolute atomic E-state index is 0.199. The summed E-state index contributed by atoms with van der Waals surface area (Å²) in [6, 6.07) is 11.2. The van der Waals surface area contributed by atoms with E-state index in [9.17, 15) is 4.39 Å². The number of fused-ring (bicyclic) bond motifs is 1. The highest BCUT2D eigenvalue weighted by molar-refractivity contribution is 6.22. The number of hydrogen-bond donors (Lipinski definition) is 0. The SMILES string of the molecule is Cc1cccc(C(Cl)c2ccc3c(c2)CC(C)O3)c1F. The molecule has 0 aromatic heterocycles. The molecule has 1 aliphatic rings. The summed E-state index contributed by atoms with van der Waals surface area (Å²) in [5.41, 5.74) is 3.20. The van der Waals surface area contributed by atoms with Crippen molar-refractivity contribution in [1.82, 2.24) is 0 Å². The van der Waals surface area contributed by atoms with E-state index in [1.54, 1.807) is 19.1 Å². The monoisotopic (exact) mass is 290 g/mol. The predicted octanol–water partition coefficient (Wildman–Crippen LogP) is 4.79. The second-order valence-electron chi connectivity index (χ2n) is 5.34. The van der Waals surface area contributed by atoms with Crippen molar-refractivity contribution in [1.29, 1.82) is 0 Å². The Morgan fingerprint density at radius 3 is 2.90 bits per heavy atom. The van der Waals surface area contributed by atoms with Crippen LogP contribution in [0.25, 0.3) is 0 Å². The summed E-state index contributed by atoms with van der Waals surface area (Å²) in [7, 11) is 0. The Balaban J connectivity index is 1.97. The topological polar surface area (TPSA) is 9.23 Å². The molecule has 0 spiro atoms. The van der Waals surface area contributed by atoms with Crippen molar-refractivity contribution in [3.63, 3.8) is 0 Å². The molecule has 2 aromatic rings. The minimum Gasteiger partial charge on any atom is -0.490 e. The minimum atomic E-state index is -0.476. The zero-order valence-corrected chi connectivity index (χ0v) is 12.2. The van der Waals surface area contributed by atoms with Gasteiger partial charge < -0.3 is 4.74 Å². The zero-order valence-electron chi connectivity index (χ0n) is 11.5. The lowest BCUT2D eigenvalue weighted by Crippen LogP contribution is -2.05. The van der Waals surface area contributed by atoms with E-state index < -0.39 is 5.38 Å². The molecule has 0 saturated heterocycles. The highest BCUT2D eigenvalue weighted by Gasteiger charge is 2.22. The van der Waals surface area contributed by atoms with Crippen molar-refractivity contribution < 1.29 is 9.13 Å². The number of rotatable bonds is 2. The summed E-state index contributed by atoms with van der Waals surface area (Å²) in [4.78, 5) is 0.